The number of hydrogen-bond donors (Lipinski definition) is 1. The van der Waals surface area contributed by atoms with E-state index in [4.69, 9.17) is 19.2 Å². The molecule has 0 unspecified atom stereocenters. The molecule has 3 aromatic rings. The Morgan fingerprint density at radius 1 is 1.03 bits per heavy atom. The summed E-state index contributed by atoms with van der Waals surface area (Å²) in [5, 5.41) is 11.9. The highest BCUT2D eigenvalue weighted by atomic mass is 16.5. The van der Waals surface area contributed by atoms with Gasteiger partial charge in [-0.1, -0.05) is 38.1 Å². The number of carbonyl (C=O) groups is 1. The number of nitrogens with zero attached hydrogens (tertiary/aromatic N) is 1. The predicted octanol–water partition coefficient (Wildman–Crippen LogP) is 5.02. The van der Waals surface area contributed by atoms with Gasteiger partial charge in [0.15, 0.2) is 5.76 Å². The number of carbonyl (C=O) groups excluding carboxylic acids is 1. The summed E-state index contributed by atoms with van der Waals surface area (Å²) in [5.74, 6) is 1.71. The van der Waals surface area contributed by atoms with Crippen molar-refractivity contribution in [2.24, 2.45) is 5.92 Å². The molecule has 148 valence electrons. The Balaban J connectivity index is 1.63. The fourth-order valence-corrected chi connectivity index (χ4v) is 2.55. The SMILES string of the molecule is CC(C)COc1ccccc1NC(=O)c1ccc(COc2ccccc2C#N)o1. The van der Waals surface area contributed by atoms with Gasteiger partial charge in [-0.3, -0.25) is 4.79 Å². The summed E-state index contributed by atoms with van der Waals surface area (Å²) in [5.41, 5.74) is 1.02. The molecule has 0 saturated heterocycles. The molecule has 1 amide bonds. The summed E-state index contributed by atoms with van der Waals surface area (Å²) in [7, 11) is 0. The number of amides is 1. The van der Waals surface area contributed by atoms with E-state index in [1.165, 1.54) is 0 Å². The molecule has 1 heterocycles. The molecule has 0 saturated carbocycles. The lowest BCUT2D eigenvalue weighted by Crippen LogP contribution is -2.13. The standard InChI is InChI=1S/C23H22N2O4/c1-16(2)14-27-21-10-6-4-8-19(21)25-23(26)22-12-11-18(29-22)15-28-20-9-5-3-7-17(20)13-24/h3-12,16H,14-15H2,1-2H3,(H,25,26). The van der Waals surface area contributed by atoms with E-state index in [2.05, 4.69) is 25.2 Å². The largest absolute Gasteiger partial charge is 0.491 e. The molecule has 6 heteroatoms. The Morgan fingerprint density at radius 2 is 1.76 bits per heavy atom. The van der Waals surface area contributed by atoms with Crippen molar-refractivity contribution in [1.29, 1.82) is 5.26 Å². The number of para-hydroxylation sites is 3. The zero-order chi connectivity index (χ0) is 20.6. The molecule has 0 fully saturated rings. The third-order valence-corrected chi connectivity index (χ3v) is 3.97. The van der Waals surface area contributed by atoms with E-state index in [0.717, 1.165) is 0 Å². The van der Waals surface area contributed by atoms with Crippen molar-refractivity contribution in [3.05, 3.63) is 77.7 Å². The van der Waals surface area contributed by atoms with Crippen molar-refractivity contribution in [3.8, 4) is 17.6 Å². The number of rotatable bonds is 8. The summed E-state index contributed by atoms with van der Waals surface area (Å²) in [6, 6.07) is 19.5. The summed E-state index contributed by atoms with van der Waals surface area (Å²) in [4.78, 5) is 12.5. The molecular formula is C23H22N2O4. The smallest absolute Gasteiger partial charge is 0.291 e. The molecule has 2 aromatic carbocycles. The van der Waals surface area contributed by atoms with Crippen molar-refractivity contribution in [3.63, 3.8) is 0 Å². The normalized spacial score (nSPS) is 10.4. The van der Waals surface area contributed by atoms with Crippen LogP contribution < -0.4 is 14.8 Å². The first-order valence-electron chi connectivity index (χ1n) is 9.30. The van der Waals surface area contributed by atoms with Crippen LogP contribution in [0.1, 0.15) is 35.7 Å². The maximum Gasteiger partial charge on any atom is 0.291 e. The molecule has 0 atom stereocenters. The first-order chi connectivity index (χ1) is 14.1. The second kappa shape index (κ2) is 9.47. The Labute approximate surface area is 169 Å². The Bertz CT molecular complexity index is 1020. The van der Waals surface area contributed by atoms with E-state index in [1.807, 2.05) is 18.2 Å². The van der Waals surface area contributed by atoms with Gasteiger partial charge in [0, 0.05) is 0 Å². The number of benzene rings is 2. The first kappa shape index (κ1) is 20.0. The van der Waals surface area contributed by atoms with Crippen LogP contribution in [0.4, 0.5) is 5.69 Å². The Kier molecular flexibility index (Phi) is 6.54. The minimum absolute atomic E-state index is 0.111. The Hall–Kier alpha value is -3.72. The summed E-state index contributed by atoms with van der Waals surface area (Å²) < 4.78 is 17.0. The second-order valence-electron chi connectivity index (χ2n) is 6.82. The number of furan rings is 1. The van der Waals surface area contributed by atoms with Crippen molar-refractivity contribution >= 4 is 11.6 Å². The van der Waals surface area contributed by atoms with E-state index in [-0.39, 0.29) is 18.3 Å². The molecule has 0 aliphatic carbocycles. The van der Waals surface area contributed by atoms with Gasteiger partial charge in [-0.05, 0) is 42.3 Å². The average molecular weight is 390 g/mol. The molecule has 0 aliphatic rings. The van der Waals surface area contributed by atoms with E-state index < -0.39 is 0 Å². The fourth-order valence-electron chi connectivity index (χ4n) is 2.55. The molecule has 0 bridgehead atoms. The predicted molar refractivity (Wildman–Crippen MR) is 109 cm³/mol. The van der Waals surface area contributed by atoms with Gasteiger partial charge in [-0.25, -0.2) is 0 Å². The lowest BCUT2D eigenvalue weighted by atomic mass is 10.2. The number of ether oxygens (including phenoxy) is 2. The van der Waals surface area contributed by atoms with Crippen LogP contribution in [-0.4, -0.2) is 12.5 Å². The van der Waals surface area contributed by atoms with Gasteiger partial charge in [0.05, 0.1) is 17.9 Å². The molecular weight excluding hydrogens is 368 g/mol. The second-order valence-corrected chi connectivity index (χ2v) is 6.82. The van der Waals surface area contributed by atoms with E-state index in [1.54, 1.807) is 42.5 Å². The lowest BCUT2D eigenvalue weighted by molar-refractivity contribution is 0.0992. The molecule has 6 nitrogen and oxygen atoms in total. The van der Waals surface area contributed by atoms with Crippen LogP contribution in [-0.2, 0) is 6.61 Å². The van der Waals surface area contributed by atoms with Crippen LogP contribution in [0.2, 0.25) is 0 Å². The topological polar surface area (TPSA) is 84.5 Å². The highest BCUT2D eigenvalue weighted by Gasteiger charge is 2.15. The van der Waals surface area contributed by atoms with Crippen LogP contribution >= 0.6 is 0 Å². The zero-order valence-corrected chi connectivity index (χ0v) is 16.3. The number of nitrogens with one attached hydrogen (secondary N) is 1. The quantitative estimate of drug-likeness (QED) is 0.584. The van der Waals surface area contributed by atoms with E-state index in [9.17, 15) is 4.79 Å². The van der Waals surface area contributed by atoms with Crippen molar-refractivity contribution < 1.29 is 18.7 Å². The lowest BCUT2D eigenvalue weighted by Gasteiger charge is -2.13. The zero-order valence-electron chi connectivity index (χ0n) is 16.3. The van der Waals surface area contributed by atoms with Crippen LogP contribution in [0.5, 0.6) is 11.5 Å². The third kappa shape index (κ3) is 5.39. The number of hydrogen-bond acceptors (Lipinski definition) is 5. The highest BCUT2D eigenvalue weighted by molar-refractivity contribution is 6.03. The van der Waals surface area contributed by atoms with E-state index in [0.29, 0.717) is 41.0 Å². The minimum Gasteiger partial charge on any atom is -0.491 e. The van der Waals surface area contributed by atoms with Crippen molar-refractivity contribution in [2.75, 3.05) is 11.9 Å². The maximum atomic E-state index is 12.5. The van der Waals surface area contributed by atoms with E-state index >= 15 is 0 Å². The van der Waals surface area contributed by atoms with Crippen molar-refractivity contribution in [1.82, 2.24) is 0 Å². The molecule has 0 aliphatic heterocycles. The molecule has 1 aromatic heterocycles. The number of nitriles is 1. The molecule has 3 rings (SSSR count). The van der Waals surface area contributed by atoms with Crippen LogP contribution in [0, 0.1) is 17.2 Å². The maximum absolute atomic E-state index is 12.5. The number of anilines is 1. The molecule has 29 heavy (non-hydrogen) atoms. The van der Waals surface area contributed by atoms with Gasteiger partial charge in [-0.15, -0.1) is 0 Å². The van der Waals surface area contributed by atoms with Crippen molar-refractivity contribution in [2.45, 2.75) is 20.5 Å². The summed E-state index contributed by atoms with van der Waals surface area (Å²) in [6.07, 6.45) is 0. The summed E-state index contributed by atoms with van der Waals surface area (Å²) >= 11 is 0. The minimum atomic E-state index is -0.380. The first-order valence-corrected chi connectivity index (χ1v) is 9.30. The average Bonchev–Trinajstić information content (AvgIpc) is 3.21. The van der Waals surface area contributed by atoms with Gasteiger partial charge in [0.25, 0.3) is 5.91 Å². The van der Waals surface area contributed by atoms with Gasteiger partial charge in [0.1, 0.15) is 29.9 Å². The molecule has 0 spiro atoms. The Morgan fingerprint density at radius 3 is 2.52 bits per heavy atom. The monoisotopic (exact) mass is 390 g/mol. The van der Waals surface area contributed by atoms with Gasteiger partial charge in [-0.2, -0.15) is 5.26 Å². The van der Waals surface area contributed by atoms with Gasteiger partial charge < -0.3 is 19.2 Å². The third-order valence-electron chi connectivity index (χ3n) is 3.97. The van der Waals surface area contributed by atoms with Gasteiger partial charge in [0.2, 0.25) is 0 Å². The van der Waals surface area contributed by atoms with Crippen LogP contribution in [0.3, 0.4) is 0 Å². The summed E-state index contributed by atoms with van der Waals surface area (Å²) in [6.45, 7) is 4.78. The fraction of sp³-hybridized carbons (Fsp3) is 0.217. The van der Waals surface area contributed by atoms with Gasteiger partial charge >= 0.3 is 0 Å². The van der Waals surface area contributed by atoms with Crippen LogP contribution in [0.15, 0.2) is 65.1 Å². The van der Waals surface area contributed by atoms with Crippen LogP contribution in [0.25, 0.3) is 0 Å². The molecule has 1 N–H and O–H groups in total. The highest BCUT2D eigenvalue weighted by Crippen LogP contribution is 2.25. The molecule has 0 radical (unpaired) electrons.